The number of carboxylic acids is 1. The standard InChI is InChI=1S/C29H31N5O3.C2HF3O2/c35-28(10-3-20-1-4-24(5-2-20)29(36)33-37)34-13-11-21(12-14-34)16-32-27-15-26(27)23-8-6-22(7-9-23)25-17-30-19-31-18-25;3-2(4,5)1(6)7/h1-10,17-19,21,26-27,32,37H,11-16H2,(H,33,36);(H,6,7)/b10-3+;. The Labute approximate surface area is 251 Å². The fraction of sp³-hybridized carbons (Fsp3) is 0.323. The smallest absolute Gasteiger partial charge is 0.475 e. The monoisotopic (exact) mass is 611 g/mol. The average molecular weight is 612 g/mol. The molecule has 2 heterocycles. The molecule has 0 radical (unpaired) electrons. The van der Waals surface area contributed by atoms with Crippen molar-refractivity contribution < 1.29 is 37.9 Å². The van der Waals surface area contributed by atoms with Crippen molar-refractivity contribution in [1.82, 2.24) is 25.7 Å². The first kappa shape index (κ1) is 32.3. The molecule has 1 saturated heterocycles. The fourth-order valence-corrected chi connectivity index (χ4v) is 4.92. The predicted molar refractivity (Wildman–Crippen MR) is 154 cm³/mol. The summed E-state index contributed by atoms with van der Waals surface area (Å²) in [6.07, 6.45) is 6.64. The van der Waals surface area contributed by atoms with Crippen LogP contribution in [0.1, 0.15) is 46.7 Å². The molecule has 1 saturated carbocycles. The van der Waals surface area contributed by atoms with Crippen LogP contribution >= 0.6 is 0 Å². The van der Waals surface area contributed by atoms with E-state index in [4.69, 9.17) is 15.1 Å². The summed E-state index contributed by atoms with van der Waals surface area (Å²) in [6, 6.07) is 15.9. The number of likely N-dealkylation sites (tertiary alicyclic amines) is 1. The quantitative estimate of drug-likeness (QED) is 0.168. The number of rotatable bonds is 8. The van der Waals surface area contributed by atoms with Crippen molar-refractivity contribution in [3.63, 3.8) is 0 Å². The van der Waals surface area contributed by atoms with Gasteiger partial charge in [0.15, 0.2) is 0 Å². The molecule has 232 valence electrons. The second-order valence-corrected chi connectivity index (χ2v) is 10.6. The van der Waals surface area contributed by atoms with E-state index in [0.29, 0.717) is 23.4 Å². The summed E-state index contributed by atoms with van der Waals surface area (Å²) in [5, 5.41) is 19.6. The predicted octanol–water partition coefficient (Wildman–Crippen LogP) is 4.29. The summed E-state index contributed by atoms with van der Waals surface area (Å²) in [6.45, 7) is 2.53. The number of alkyl halides is 3. The number of hydrogen-bond donors (Lipinski definition) is 4. The van der Waals surface area contributed by atoms with Gasteiger partial charge in [0.1, 0.15) is 6.33 Å². The number of benzene rings is 2. The first-order valence-electron chi connectivity index (χ1n) is 14.0. The molecule has 2 aliphatic rings. The second-order valence-electron chi connectivity index (χ2n) is 10.6. The van der Waals surface area contributed by atoms with Gasteiger partial charge in [-0.05, 0) is 66.6 Å². The number of aromatic nitrogens is 2. The van der Waals surface area contributed by atoms with Crippen molar-refractivity contribution in [3.05, 3.63) is 90.0 Å². The van der Waals surface area contributed by atoms with Crippen LogP contribution in [0.25, 0.3) is 17.2 Å². The second kappa shape index (κ2) is 14.7. The van der Waals surface area contributed by atoms with Gasteiger partial charge in [-0.2, -0.15) is 13.2 Å². The highest BCUT2D eigenvalue weighted by Crippen LogP contribution is 2.41. The molecule has 2 amide bonds. The lowest BCUT2D eigenvalue weighted by Gasteiger charge is -2.31. The molecule has 1 aliphatic heterocycles. The van der Waals surface area contributed by atoms with Gasteiger partial charge in [-0.25, -0.2) is 20.2 Å². The summed E-state index contributed by atoms with van der Waals surface area (Å²) in [7, 11) is 0. The highest BCUT2D eigenvalue weighted by molar-refractivity contribution is 5.94. The van der Waals surface area contributed by atoms with Gasteiger partial charge in [-0.1, -0.05) is 36.4 Å². The van der Waals surface area contributed by atoms with Gasteiger partial charge in [-0.3, -0.25) is 14.8 Å². The first-order chi connectivity index (χ1) is 21.0. The van der Waals surface area contributed by atoms with Crippen molar-refractivity contribution in [2.24, 2.45) is 5.92 Å². The zero-order valence-corrected chi connectivity index (χ0v) is 23.6. The number of hydroxylamine groups is 1. The van der Waals surface area contributed by atoms with Gasteiger partial charge in [0.05, 0.1) is 0 Å². The molecule has 13 heteroatoms. The summed E-state index contributed by atoms with van der Waals surface area (Å²) in [5.41, 5.74) is 6.33. The first-order valence-corrected chi connectivity index (χ1v) is 14.0. The fourth-order valence-electron chi connectivity index (χ4n) is 4.92. The Balaban J connectivity index is 0.000000566. The summed E-state index contributed by atoms with van der Waals surface area (Å²) >= 11 is 0. The number of carbonyl (C=O) groups excluding carboxylic acids is 2. The van der Waals surface area contributed by atoms with E-state index in [1.807, 2.05) is 17.3 Å². The van der Waals surface area contributed by atoms with Gasteiger partial charge >= 0.3 is 12.1 Å². The zero-order valence-electron chi connectivity index (χ0n) is 23.6. The van der Waals surface area contributed by atoms with Crippen LogP contribution in [0.3, 0.4) is 0 Å². The Morgan fingerprint density at radius 2 is 1.57 bits per heavy atom. The van der Waals surface area contributed by atoms with Crippen molar-refractivity contribution in [1.29, 1.82) is 0 Å². The lowest BCUT2D eigenvalue weighted by Crippen LogP contribution is -2.40. The molecular formula is C31H32F3N5O5. The van der Waals surface area contributed by atoms with Gasteiger partial charge in [0.2, 0.25) is 5.91 Å². The SMILES string of the molecule is O=C(NO)c1ccc(/C=C/C(=O)N2CCC(CNC3CC3c3ccc(-c4cncnc4)cc3)CC2)cc1.O=C(O)C(F)(F)F. The number of amides is 2. The third kappa shape index (κ3) is 9.19. The molecule has 3 aromatic rings. The number of nitrogens with zero attached hydrogens (tertiary/aromatic N) is 3. The van der Waals surface area contributed by atoms with Crippen LogP contribution in [0.4, 0.5) is 13.2 Å². The van der Waals surface area contributed by atoms with E-state index in [2.05, 4.69) is 39.6 Å². The van der Waals surface area contributed by atoms with E-state index >= 15 is 0 Å². The Morgan fingerprint density at radius 3 is 2.14 bits per heavy atom. The maximum Gasteiger partial charge on any atom is 0.490 e. The number of carbonyl (C=O) groups is 3. The largest absolute Gasteiger partial charge is 0.490 e. The van der Waals surface area contributed by atoms with Crippen LogP contribution in [0.5, 0.6) is 0 Å². The lowest BCUT2D eigenvalue weighted by molar-refractivity contribution is -0.192. The van der Waals surface area contributed by atoms with Crippen LogP contribution in [0.15, 0.2) is 73.3 Å². The normalized spacial score (nSPS) is 18.3. The van der Waals surface area contributed by atoms with Crippen LogP contribution in [0.2, 0.25) is 0 Å². The number of nitrogens with one attached hydrogen (secondary N) is 2. The number of halogens is 3. The molecule has 2 aromatic carbocycles. The zero-order chi connectivity index (χ0) is 31.7. The number of carboxylic acid groups (broad SMARTS) is 1. The lowest BCUT2D eigenvalue weighted by atomic mass is 9.96. The minimum atomic E-state index is -5.08. The minimum Gasteiger partial charge on any atom is -0.475 e. The molecule has 0 spiro atoms. The molecule has 10 nitrogen and oxygen atoms in total. The topological polar surface area (TPSA) is 145 Å². The third-order valence-corrected chi connectivity index (χ3v) is 7.55. The molecule has 5 rings (SSSR count). The van der Waals surface area contributed by atoms with Crippen molar-refractivity contribution in [3.8, 4) is 11.1 Å². The Hall–Kier alpha value is -4.62. The minimum absolute atomic E-state index is 0.0105. The summed E-state index contributed by atoms with van der Waals surface area (Å²) < 4.78 is 31.7. The molecule has 0 bridgehead atoms. The van der Waals surface area contributed by atoms with Crippen LogP contribution in [-0.2, 0) is 9.59 Å². The molecule has 1 aliphatic carbocycles. The van der Waals surface area contributed by atoms with Crippen LogP contribution in [-0.4, -0.2) is 74.8 Å². The number of hydrogen-bond acceptors (Lipinski definition) is 7. The summed E-state index contributed by atoms with van der Waals surface area (Å²) in [4.78, 5) is 43.0. The molecule has 2 fully saturated rings. The van der Waals surface area contributed by atoms with Crippen molar-refractivity contribution in [2.75, 3.05) is 19.6 Å². The Kier molecular flexibility index (Phi) is 10.8. The van der Waals surface area contributed by atoms with Gasteiger partial charge in [0.25, 0.3) is 5.91 Å². The molecule has 44 heavy (non-hydrogen) atoms. The van der Waals surface area contributed by atoms with Gasteiger partial charge in [-0.15, -0.1) is 0 Å². The summed E-state index contributed by atoms with van der Waals surface area (Å²) in [5.74, 6) is -2.15. The molecule has 2 unspecified atom stereocenters. The highest BCUT2D eigenvalue weighted by Gasteiger charge is 2.39. The average Bonchev–Trinajstić information content (AvgIpc) is 3.83. The molecular weight excluding hydrogens is 579 g/mol. The molecule has 1 aromatic heterocycles. The van der Waals surface area contributed by atoms with Crippen molar-refractivity contribution >= 4 is 23.9 Å². The van der Waals surface area contributed by atoms with E-state index in [-0.39, 0.29) is 5.91 Å². The van der Waals surface area contributed by atoms with Crippen LogP contribution < -0.4 is 10.8 Å². The van der Waals surface area contributed by atoms with Crippen LogP contribution in [0, 0.1) is 5.92 Å². The molecule has 2 atom stereocenters. The van der Waals surface area contributed by atoms with E-state index in [1.54, 1.807) is 48.2 Å². The van der Waals surface area contributed by atoms with E-state index in [9.17, 15) is 22.8 Å². The Morgan fingerprint density at radius 1 is 0.955 bits per heavy atom. The van der Waals surface area contributed by atoms with E-state index in [0.717, 1.165) is 49.2 Å². The third-order valence-electron chi connectivity index (χ3n) is 7.55. The number of aliphatic carboxylic acids is 1. The van der Waals surface area contributed by atoms with E-state index < -0.39 is 18.1 Å². The molecule has 4 N–H and O–H groups in total. The maximum atomic E-state index is 12.6. The highest BCUT2D eigenvalue weighted by atomic mass is 19.4. The van der Waals surface area contributed by atoms with Gasteiger partial charge in [0, 0.05) is 54.6 Å². The van der Waals surface area contributed by atoms with Crippen molar-refractivity contribution in [2.45, 2.75) is 37.4 Å². The van der Waals surface area contributed by atoms with Gasteiger partial charge < -0.3 is 15.3 Å². The number of piperidine rings is 1. The van der Waals surface area contributed by atoms with E-state index in [1.165, 1.54) is 12.0 Å². The Bertz CT molecular complexity index is 1440. The maximum absolute atomic E-state index is 12.6.